The number of amides is 2. The standard InChI is InChI=1S/C18H30N4O2/c1-18(2,3)24-16-10-14(6-8-19-16)11-20-17(23)22-9-7-15(13-22)12-21(4)5/h6,8,10,15H,7,9,11-13H2,1-5H3,(H,20,23). The fourth-order valence-electron chi connectivity index (χ4n) is 2.90. The summed E-state index contributed by atoms with van der Waals surface area (Å²) in [5, 5.41) is 2.99. The Balaban J connectivity index is 1.83. The minimum Gasteiger partial charge on any atom is -0.472 e. The number of ether oxygens (including phenoxy) is 1. The van der Waals surface area contributed by atoms with E-state index in [1.165, 1.54) is 0 Å². The molecule has 2 amide bonds. The van der Waals surface area contributed by atoms with Crippen LogP contribution < -0.4 is 10.1 Å². The molecule has 1 aromatic heterocycles. The lowest BCUT2D eigenvalue weighted by molar-refractivity contribution is 0.124. The molecule has 1 saturated heterocycles. The highest BCUT2D eigenvalue weighted by Gasteiger charge is 2.26. The summed E-state index contributed by atoms with van der Waals surface area (Å²) >= 11 is 0. The van der Waals surface area contributed by atoms with Gasteiger partial charge in [0.15, 0.2) is 0 Å². The first-order chi connectivity index (χ1) is 11.2. The molecule has 134 valence electrons. The van der Waals surface area contributed by atoms with Gasteiger partial charge in [0, 0.05) is 38.4 Å². The van der Waals surface area contributed by atoms with Crippen LogP contribution in [0.4, 0.5) is 4.79 Å². The number of rotatable bonds is 5. The summed E-state index contributed by atoms with van der Waals surface area (Å²) in [6, 6.07) is 3.78. The second-order valence-electron chi connectivity index (χ2n) is 7.74. The van der Waals surface area contributed by atoms with Gasteiger partial charge in [0.2, 0.25) is 5.88 Å². The maximum Gasteiger partial charge on any atom is 0.317 e. The van der Waals surface area contributed by atoms with Gasteiger partial charge in [-0.1, -0.05) is 0 Å². The first-order valence-corrected chi connectivity index (χ1v) is 8.54. The van der Waals surface area contributed by atoms with Crippen molar-refractivity contribution in [3.05, 3.63) is 23.9 Å². The first-order valence-electron chi connectivity index (χ1n) is 8.54. The van der Waals surface area contributed by atoms with E-state index in [9.17, 15) is 4.79 Å². The molecule has 1 fully saturated rings. The van der Waals surface area contributed by atoms with Gasteiger partial charge >= 0.3 is 6.03 Å². The van der Waals surface area contributed by atoms with Gasteiger partial charge in [0.05, 0.1) is 0 Å². The summed E-state index contributed by atoms with van der Waals surface area (Å²) in [6.45, 7) is 9.14. The van der Waals surface area contributed by atoms with Crippen molar-refractivity contribution in [2.24, 2.45) is 5.92 Å². The number of nitrogens with one attached hydrogen (secondary N) is 1. The van der Waals surface area contributed by atoms with E-state index in [4.69, 9.17) is 4.74 Å². The highest BCUT2D eigenvalue weighted by molar-refractivity contribution is 5.74. The highest BCUT2D eigenvalue weighted by atomic mass is 16.5. The number of hydrogen-bond donors (Lipinski definition) is 1. The number of likely N-dealkylation sites (tertiary alicyclic amines) is 1. The SMILES string of the molecule is CN(C)CC1CCN(C(=O)NCc2ccnc(OC(C)(C)C)c2)C1. The number of nitrogens with zero attached hydrogens (tertiary/aromatic N) is 3. The number of carbonyl (C=O) groups is 1. The van der Waals surface area contributed by atoms with Gasteiger partial charge in [0.25, 0.3) is 0 Å². The minimum atomic E-state index is -0.286. The molecule has 1 aromatic rings. The molecule has 6 heteroatoms. The molecule has 0 spiro atoms. The average Bonchev–Trinajstić information content (AvgIpc) is 2.91. The molecule has 0 saturated carbocycles. The molecule has 0 aliphatic carbocycles. The van der Waals surface area contributed by atoms with E-state index in [0.717, 1.165) is 31.6 Å². The molecule has 2 heterocycles. The molecule has 24 heavy (non-hydrogen) atoms. The summed E-state index contributed by atoms with van der Waals surface area (Å²) in [6.07, 6.45) is 2.79. The number of aromatic nitrogens is 1. The Morgan fingerprint density at radius 3 is 2.88 bits per heavy atom. The molecule has 1 N–H and O–H groups in total. The van der Waals surface area contributed by atoms with Crippen molar-refractivity contribution < 1.29 is 9.53 Å². The Bertz CT molecular complexity index is 554. The number of urea groups is 1. The van der Waals surface area contributed by atoms with Gasteiger partial charge in [0.1, 0.15) is 5.60 Å². The third-order valence-corrected chi connectivity index (χ3v) is 3.85. The summed E-state index contributed by atoms with van der Waals surface area (Å²) in [7, 11) is 4.15. The van der Waals surface area contributed by atoms with Crippen LogP contribution in [0.15, 0.2) is 18.3 Å². The first kappa shape index (κ1) is 18.5. The smallest absolute Gasteiger partial charge is 0.317 e. The van der Waals surface area contributed by atoms with E-state index < -0.39 is 0 Å². The quantitative estimate of drug-likeness (QED) is 0.898. The van der Waals surface area contributed by atoms with Gasteiger partial charge < -0.3 is 19.9 Å². The third kappa shape index (κ3) is 6.00. The second kappa shape index (κ2) is 7.83. The van der Waals surface area contributed by atoms with Crippen LogP contribution in [0.1, 0.15) is 32.8 Å². The topological polar surface area (TPSA) is 57.7 Å². The number of hydrogen-bond acceptors (Lipinski definition) is 4. The largest absolute Gasteiger partial charge is 0.472 e. The van der Waals surface area contributed by atoms with Crippen molar-refractivity contribution in [2.75, 3.05) is 33.7 Å². The van der Waals surface area contributed by atoms with Gasteiger partial charge in [-0.15, -0.1) is 0 Å². The summed E-state index contributed by atoms with van der Waals surface area (Å²) < 4.78 is 5.76. The number of pyridine rings is 1. The predicted octanol–water partition coefficient (Wildman–Crippen LogP) is 2.35. The minimum absolute atomic E-state index is 0.00589. The molecule has 1 unspecified atom stereocenters. The monoisotopic (exact) mass is 334 g/mol. The van der Waals surface area contributed by atoms with Crippen molar-refractivity contribution in [1.82, 2.24) is 20.1 Å². The normalized spacial score (nSPS) is 18.1. The van der Waals surface area contributed by atoms with E-state index in [-0.39, 0.29) is 11.6 Å². The van der Waals surface area contributed by atoms with Gasteiger partial charge in [-0.25, -0.2) is 9.78 Å². The zero-order valence-corrected chi connectivity index (χ0v) is 15.5. The van der Waals surface area contributed by atoms with Crippen LogP contribution in [0.5, 0.6) is 5.88 Å². The molecule has 0 bridgehead atoms. The molecule has 1 atom stereocenters. The zero-order valence-electron chi connectivity index (χ0n) is 15.5. The molecule has 6 nitrogen and oxygen atoms in total. The predicted molar refractivity (Wildman–Crippen MR) is 95.1 cm³/mol. The molecule has 0 aromatic carbocycles. The van der Waals surface area contributed by atoms with E-state index in [1.54, 1.807) is 6.20 Å². The fourth-order valence-corrected chi connectivity index (χ4v) is 2.90. The van der Waals surface area contributed by atoms with Crippen LogP contribution in [0.2, 0.25) is 0 Å². The Hall–Kier alpha value is -1.82. The molecule has 1 aliphatic heterocycles. The van der Waals surface area contributed by atoms with E-state index in [0.29, 0.717) is 18.3 Å². The molecular formula is C18H30N4O2. The van der Waals surface area contributed by atoms with E-state index in [2.05, 4.69) is 29.3 Å². The number of carbonyl (C=O) groups excluding carboxylic acids is 1. The van der Waals surface area contributed by atoms with Crippen molar-refractivity contribution >= 4 is 6.03 Å². The lowest BCUT2D eigenvalue weighted by Gasteiger charge is -2.21. The Labute approximate surface area is 145 Å². The van der Waals surface area contributed by atoms with Crippen molar-refractivity contribution in [1.29, 1.82) is 0 Å². The van der Waals surface area contributed by atoms with Crippen molar-refractivity contribution in [2.45, 2.75) is 39.3 Å². The second-order valence-corrected chi connectivity index (χ2v) is 7.74. The maximum atomic E-state index is 12.3. The molecule has 1 aliphatic rings. The van der Waals surface area contributed by atoms with Crippen LogP contribution in [0.3, 0.4) is 0 Å². The summed E-state index contributed by atoms with van der Waals surface area (Å²) in [5.74, 6) is 1.15. The van der Waals surface area contributed by atoms with Crippen LogP contribution in [-0.4, -0.2) is 60.1 Å². The van der Waals surface area contributed by atoms with E-state index in [1.807, 2.05) is 37.8 Å². The van der Waals surface area contributed by atoms with Crippen LogP contribution in [0.25, 0.3) is 0 Å². The van der Waals surface area contributed by atoms with Crippen molar-refractivity contribution in [3.8, 4) is 5.88 Å². The van der Waals surface area contributed by atoms with Crippen molar-refractivity contribution in [3.63, 3.8) is 0 Å². The van der Waals surface area contributed by atoms with Gasteiger partial charge in [-0.2, -0.15) is 0 Å². The lowest BCUT2D eigenvalue weighted by Crippen LogP contribution is -2.38. The highest BCUT2D eigenvalue weighted by Crippen LogP contribution is 2.18. The zero-order chi connectivity index (χ0) is 17.7. The Morgan fingerprint density at radius 2 is 2.21 bits per heavy atom. The molecular weight excluding hydrogens is 304 g/mol. The van der Waals surface area contributed by atoms with Gasteiger partial charge in [-0.3, -0.25) is 0 Å². The Morgan fingerprint density at radius 1 is 1.46 bits per heavy atom. The molecule has 2 rings (SSSR count). The third-order valence-electron chi connectivity index (χ3n) is 3.85. The average molecular weight is 334 g/mol. The summed E-state index contributed by atoms with van der Waals surface area (Å²) in [4.78, 5) is 20.6. The fraction of sp³-hybridized carbons (Fsp3) is 0.667. The van der Waals surface area contributed by atoms with Crippen LogP contribution >= 0.6 is 0 Å². The molecule has 0 radical (unpaired) electrons. The van der Waals surface area contributed by atoms with E-state index >= 15 is 0 Å². The maximum absolute atomic E-state index is 12.3. The van der Waals surface area contributed by atoms with Gasteiger partial charge in [-0.05, 0) is 58.8 Å². The van der Waals surface area contributed by atoms with Crippen LogP contribution in [0, 0.1) is 5.92 Å². The lowest BCUT2D eigenvalue weighted by atomic mass is 10.1. The Kier molecular flexibility index (Phi) is 6.04. The van der Waals surface area contributed by atoms with Crippen LogP contribution in [-0.2, 0) is 6.54 Å². The summed E-state index contributed by atoms with van der Waals surface area (Å²) in [5.41, 5.74) is 0.702.